The fourth-order valence-corrected chi connectivity index (χ4v) is 4.59. The number of aromatic hydroxyl groups is 1. The minimum atomic E-state index is -0.687. The number of nitrogens with zero attached hydrogens (tertiary/aromatic N) is 1. The molecular weight excluding hydrogens is 360 g/mol. The topological polar surface area (TPSA) is 86.2 Å². The second-order valence-electron chi connectivity index (χ2n) is 7.28. The lowest BCUT2D eigenvalue weighted by molar-refractivity contribution is 0.204. The summed E-state index contributed by atoms with van der Waals surface area (Å²) in [6.07, 6.45) is 7.18. The number of thioether (sulfide) groups is 1. The van der Waals surface area contributed by atoms with Gasteiger partial charge in [-0.15, -0.1) is 0 Å². The molecule has 2 aromatic rings. The molecule has 27 heavy (non-hydrogen) atoms. The molecule has 3 N–H and O–H groups in total. The predicted octanol–water partition coefficient (Wildman–Crippen LogP) is 3.99. The Morgan fingerprint density at radius 1 is 1.22 bits per heavy atom. The minimum Gasteiger partial charge on any atom is -0.508 e. The van der Waals surface area contributed by atoms with Gasteiger partial charge in [0, 0.05) is 11.3 Å². The van der Waals surface area contributed by atoms with Crippen LogP contribution in [0.4, 0.5) is 0 Å². The van der Waals surface area contributed by atoms with Crippen molar-refractivity contribution in [2.24, 2.45) is 5.92 Å². The van der Waals surface area contributed by atoms with Crippen LogP contribution in [0.3, 0.4) is 0 Å². The average molecular weight is 389 g/mol. The fourth-order valence-electron chi connectivity index (χ4n) is 3.74. The zero-order chi connectivity index (χ0) is 19.2. The van der Waals surface area contributed by atoms with Crippen LogP contribution in [0.25, 0.3) is 0 Å². The van der Waals surface area contributed by atoms with Gasteiger partial charge in [-0.05, 0) is 36.5 Å². The Morgan fingerprint density at radius 2 is 1.93 bits per heavy atom. The number of aromatic nitrogens is 2. The number of hydrogen-bond acceptors (Lipinski definition) is 5. The Kier molecular flexibility index (Phi) is 6.96. The van der Waals surface area contributed by atoms with E-state index in [1.54, 1.807) is 24.3 Å². The molecule has 5 nitrogen and oxygen atoms in total. The monoisotopic (exact) mass is 388 g/mol. The number of H-pyrrole nitrogens is 1. The molecule has 0 bridgehead atoms. The molecule has 1 heterocycles. The van der Waals surface area contributed by atoms with Crippen molar-refractivity contribution < 1.29 is 10.2 Å². The van der Waals surface area contributed by atoms with Crippen molar-refractivity contribution in [3.63, 3.8) is 0 Å². The van der Waals surface area contributed by atoms with E-state index in [4.69, 9.17) is 4.98 Å². The Morgan fingerprint density at radius 3 is 2.59 bits per heavy atom. The highest BCUT2D eigenvalue weighted by Gasteiger charge is 2.19. The van der Waals surface area contributed by atoms with E-state index >= 15 is 0 Å². The molecule has 1 saturated carbocycles. The number of rotatable bonds is 7. The number of aromatic amines is 1. The summed E-state index contributed by atoms with van der Waals surface area (Å²) < 4.78 is 0. The number of aliphatic hydroxyl groups is 1. The van der Waals surface area contributed by atoms with Crippen molar-refractivity contribution in [2.45, 2.75) is 63.1 Å². The van der Waals surface area contributed by atoms with Gasteiger partial charge in [-0.25, -0.2) is 4.98 Å². The summed E-state index contributed by atoms with van der Waals surface area (Å²) in [5, 5.41) is 20.3. The van der Waals surface area contributed by atoms with Crippen molar-refractivity contribution in [1.82, 2.24) is 9.97 Å². The van der Waals surface area contributed by atoms with Crippen molar-refractivity contribution in [2.75, 3.05) is 5.75 Å². The molecule has 0 saturated heterocycles. The number of nitrogens with one attached hydrogen (secondary N) is 1. The first-order valence-electron chi connectivity index (χ1n) is 9.78. The quantitative estimate of drug-likeness (QED) is 0.493. The number of hydrogen-bond donors (Lipinski definition) is 3. The lowest BCUT2D eigenvalue weighted by Crippen LogP contribution is -2.21. The van der Waals surface area contributed by atoms with Gasteiger partial charge in [-0.1, -0.05) is 62.9 Å². The summed E-state index contributed by atoms with van der Waals surface area (Å²) in [4.78, 5) is 20.1. The maximum atomic E-state index is 12.5. The van der Waals surface area contributed by atoms with Gasteiger partial charge in [0.05, 0.1) is 11.8 Å². The first-order valence-corrected chi connectivity index (χ1v) is 10.8. The van der Waals surface area contributed by atoms with Gasteiger partial charge >= 0.3 is 0 Å². The van der Waals surface area contributed by atoms with Crippen LogP contribution in [-0.2, 0) is 12.8 Å². The number of phenolic OH excluding ortho intramolecular Hbond substituents is 1. The molecule has 1 aromatic heterocycles. The van der Waals surface area contributed by atoms with Crippen LogP contribution in [0, 0.1) is 5.92 Å². The van der Waals surface area contributed by atoms with Gasteiger partial charge in [-0.3, -0.25) is 4.79 Å². The van der Waals surface area contributed by atoms with Crippen LogP contribution in [0.2, 0.25) is 0 Å². The van der Waals surface area contributed by atoms with Crippen molar-refractivity contribution in [3.8, 4) is 5.75 Å². The van der Waals surface area contributed by atoms with Crippen LogP contribution in [0.1, 0.15) is 62.0 Å². The van der Waals surface area contributed by atoms with E-state index in [1.165, 1.54) is 43.9 Å². The standard InChI is InChI=1S/C21H28N2O3S/c1-2-17-18(12-14-6-4-3-5-7-14)22-21(23-20(17)26)27-13-19(25)15-8-10-16(24)11-9-15/h8-11,14,19,24-25H,2-7,12-13H2,1H3,(H,22,23,26). The summed E-state index contributed by atoms with van der Waals surface area (Å²) in [6, 6.07) is 6.51. The maximum absolute atomic E-state index is 12.5. The van der Waals surface area contributed by atoms with E-state index < -0.39 is 6.10 Å². The van der Waals surface area contributed by atoms with Gasteiger partial charge in [0.1, 0.15) is 5.75 Å². The van der Waals surface area contributed by atoms with Gasteiger partial charge in [0.15, 0.2) is 5.16 Å². The third-order valence-electron chi connectivity index (χ3n) is 5.30. The molecule has 1 unspecified atom stereocenters. The minimum absolute atomic E-state index is 0.0556. The normalized spacial score (nSPS) is 16.4. The number of phenols is 1. The fraction of sp³-hybridized carbons (Fsp3) is 0.524. The van der Waals surface area contributed by atoms with Gasteiger partial charge in [-0.2, -0.15) is 0 Å². The second kappa shape index (κ2) is 9.42. The first kappa shape index (κ1) is 20.0. The molecule has 0 spiro atoms. The third-order valence-corrected chi connectivity index (χ3v) is 6.24. The molecule has 3 rings (SSSR count). The molecule has 0 radical (unpaired) electrons. The highest BCUT2D eigenvalue weighted by atomic mass is 32.2. The van der Waals surface area contributed by atoms with E-state index in [-0.39, 0.29) is 11.3 Å². The van der Waals surface area contributed by atoms with Gasteiger partial charge in [0.25, 0.3) is 5.56 Å². The molecule has 1 atom stereocenters. The Labute approximate surface area is 164 Å². The largest absolute Gasteiger partial charge is 0.508 e. The molecule has 6 heteroatoms. The summed E-state index contributed by atoms with van der Waals surface area (Å²) in [6.45, 7) is 2.00. The smallest absolute Gasteiger partial charge is 0.254 e. The van der Waals surface area contributed by atoms with Gasteiger partial charge in [0.2, 0.25) is 0 Å². The SMILES string of the molecule is CCc1c(CC2CCCCC2)nc(SCC(O)c2ccc(O)cc2)[nH]c1=O. The van der Waals surface area contributed by atoms with Crippen molar-refractivity contribution in [1.29, 1.82) is 0 Å². The summed E-state index contributed by atoms with van der Waals surface area (Å²) >= 11 is 1.36. The number of benzene rings is 1. The highest BCUT2D eigenvalue weighted by molar-refractivity contribution is 7.99. The van der Waals surface area contributed by atoms with E-state index in [1.807, 2.05) is 6.92 Å². The Bertz CT molecular complexity index is 798. The highest BCUT2D eigenvalue weighted by Crippen LogP contribution is 2.28. The number of aliphatic hydroxyl groups excluding tert-OH is 1. The molecule has 0 aliphatic heterocycles. The van der Waals surface area contributed by atoms with E-state index in [2.05, 4.69) is 4.98 Å². The van der Waals surface area contributed by atoms with Crippen LogP contribution >= 0.6 is 11.8 Å². The molecule has 1 aromatic carbocycles. The van der Waals surface area contributed by atoms with Crippen molar-refractivity contribution in [3.05, 3.63) is 51.4 Å². The molecular formula is C21H28N2O3S. The van der Waals surface area contributed by atoms with Crippen LogP contribution in [-0.4, -0.2) is 25.9 Å². The van der Waals surface area contributed by atoms with Crippen molar-refractivity contribution >= 4 is 11.8 Å². The molecule has 0 amide bonds. The Balaban J connectivity index is 1.71. The Hall–Kier alpha value is -1.79. The van der Waals surface area contributed by atoms with Crippen LogP contribution < -0.4 is 5.56 Å². The van der Waals surface area contributed by atoms with Crippen LogP contribution in [0.15, 0.2) is 34.2 Å². The summed E-state index contributed by atoms with van der Waals surface area (Å²) in [7, 11) is 0. The molecule has 1 aliphatic carbocycles. The second-order valence-corrected chi connectivity index (χ2v) is 8.29. The molecule has 1 aliphatic rings. The molecule has 1 fully saturated rings. The summed E-state index contributed by atoms with van der Waals surface area (Å²) in [5.41, 5.74) is 2.40. The van der Waals surface area contributed by atoms with E-state index in [0.29, 0.717) is 23.2 Å². The summed E-state index contributed by atoms with van der Waals surface area (Å²) in [5.74, 6) is 1.19. The first-order chi connectivity index (χ1) is 13.1. The lowest BCUT2D eigenvalue weighted by Gasteiger charge is -2.22. The zero-order valence-electron chi connectivity index (χ0n) is 15.8. The third kappa shape index (κ3) is 5.36. The lowest BCUT2D eigenvalue weighted by atomic mass is 9.85. The van der Waals surface area contributed by atoms with Gasteiger partial charge < -0.3 is 15.2 Å². The van der Waals surface area contributed by atoms with E-state index in [9.17, 15) is 15.0 Å². The van der Waals surface area contributed by atoms with Crippen LogP contribution in [0.5, 0.6) is 5.75 Å². The zero-order valence-corrected chi connectivity index (χ0v) is 16.6. The molecule has 146 valence electrons. The average Bonchev–Trinajstić information content (AvgIpc) is 2.67. The van der Waals surface area contributed by atoms with E-state index in [0.717, 1.165) is 23.2 Å². The predicted molar refractivity (Wildman–Crippen MR) is 108 cm³/mol. The maximum Gasteiger partial charge on any atom is 0.254 e.